The van der Waals surface area contributed by atoms with Crippen LogP contribution in [0.2, 0.25) is 0 Å². The molecule has 3 N–H and O–H groups in total. The number of benzene rings is 2. The minimum Gasteiger partial charge on any atom is -0.484 e. The predicted octanol–water partition coefficient (Wildman–Crippen LogP) is 2.00. The Morgan fingerprint density at radius 1 is 1.17 bits per heavy atom. The van der Waals surface area contributed by atoms with Gasteiger partial charge in [-0.1, -0.05) is 24.3 Å². The SMILES string of the molecule is Cc1cccc(N2C(=O)/C(=C/c3ccc(OCC(N)=O)cc3)C(=O)NC2=S)c1C. The smallest absolute Gasteiger partial charge is 0.270 e. The Kier molecular flexibility index (Phi) is 5.74. The van der Waals surface area contributed by atoms with Gasteiger partial charge in [0.25, 0.3) is 17.7 Å². The Morgan fingerprint density at radius 2 is 1.86 bits per heavy atom. The van der Waals surface area contributed by atoms with Crippen LogP contribution >= 0.6 is 12.2 Å². The quantitative estimate of drug-likeness (QED) is 0.447. The summed E-state index contributed by atoms with van der Waals surface area (Å²) in [5.74, 6) is -1.19. The van der Waals surface area contributed by atoms with Crippen LogP contribution in [0.1, 0.15) is 16.7 Å². The van der Waals surface area contributed by atoms with Crippen molar-refractivity contribution < 1.29 is 19.1 Å². The number of nitrogens with zero attached hydrogens (tertiary/aromatic N) is 1. The maximum atomic E-state index is 13.1. The van der Waals surface area contributed by atoms with Crippen molar-refractivity contribution in [3.63, 3.8) is 0 Å². The fourth-order valence-corrected chi connectivity index (χ4v) is 3.11. The fraction of sp³-hybridized carbons (Fsp3) is 0.143. The number of hydrogen-bond acceptors (Lipinski definition) is 5. The first-order chi connectivity index (χ1) is 13.8. The van der Waals surface area contributed by atoms with Gasteiger partial charge in [0.15, 0.2) is 11.7 Å². The summed E-state index contributed by atoms with van der Waals surface area (Å²) in [6, 6.07) is 12.1. The van der Waals surface area contributed by atoms with Gasteiger partial charge in [-0.15, -0.1) is 0 Å². The second kappa shape index (κ2) is 8.24. The van der Waals surface area contributed by atoms with Crippen LogP contribution in [0.5, 0.6) is 5.75 Å². The number of carbonyl (C=O) groups is 3. The van der Waals surface area contributed by atoms with Crippen LogP contribution in [-0.2, 0) is 14.4 Å². The van der Waals surface area contributed by atoms with Crippen LogP contribution in [0.4, 0.5) is 5.69 Å². The molecular formula is C21H19N3O4S. The van der Waals surface area contributed by atoms with Gasteiger partial charge in [-0.05, 0) is 67.0 Å². The molecule has 1 aliphatic rings. The van der Waals surface area contributed by atoms with Gasteiger partial charge in [-0.25, -0.2) is 0 Å². The van der Waals surface area contributed by atoms with E-state index in [0.717, 1.165) is 11.1 Å². The van der Waals surface area contributed by atoms with Crippen LogP contribution < -0.4 is 20.7 Å². The molecule has 0 atom stereocenters. The third kappa shape index (κ3) is 4.33. The van der Waals surface area contributed by atoms with E-state index < -0.39 is 17.7 Å². The third-order valence-electron chi connectivity index (χ3n) is 4.49. The van der Waals surface area contributed by atoms with Gasteiger partial charge >= 0.3 is 0 Å². The van der Waals surface area contributed by atoms with E-state index >= 15 is 0 Å². The van der Waals surface area contributed by atoms with E-state index in [1.54, 1.807) is 30.3 Å². The van der Waals surface area contributed by atoms with E-state index in [-0.39, 0.29) is 17.3 Å². The first-order valence-electron chi connectivity index (χ1n) is 8.77. The monoisotopic (exact) mass is 409 g/mol. The predicted molar refractivity (Wildman–Crippen MR) is 113 cm³/mol. The van der Waals surface area contributed by atoms with Gasteiger partial charge < -0.3 is 10.5 Å². The molecule has 0 radical (unpaired) electrons. The summed E-state index contributed by atoms with van der Waals surface area (Å²) in [5, 5.41) is 2.62. The number of nitrogens with two attached hydrogens (primary N) is 1. The standard InChI is InChI=1S/C21H19N3O4S/c1-12-4-3-5-17(13(12)2)24-20(27)16(19(26)23-21(24)29)10-14-6-8-15(9-7-14)28-11-18(22)25/h3-10H,11H2,1-2H3,(H2,22,25)(H,23,26,29)/b16-10+. The summed E-state index contributed by atoms with van der Waals surface area (Å²) >= 11 is 5.24. The van der Waals surface area contributed by atoms with E-state index in [2.05, 4.69) is 5.32 Å². The Labute approximate surface area is 173 Å². The van der Waals surface area contributed by atoms with Gasteiger partial charge in [0.1, 0.15) is 11.3 Å². The van der Waals surface area contributed by atoms with E-state index in [4.69, 9.17) is 22.7 Å². The summed E-state index contributed by atoms with van der Waals surface area (Å²) in [6.07, 6.45) is 1.48. The lowest BCUT2D eigenvalue weighted by Crippen LogP contribution is -2.54. The lowest BCUT2D eigenvalue weighted by Gasteiger charge is -2.30. The molecule has 8 heteroatoms. The van der Waals surface area contributed by atoms with Gasteiger partial charge in [0.2, 0.25) is 0 Å². The number of aryl methyl sites for hydroxylation is 1. The first kappa shape index (κ1) is 20.2. The van der Waals surface area contributed by atoms with Crippen LogP contribution in [0.25, 0.3) is 6.08 Å². The molecule has 2 aromatic rings. The van der Waals surface area contributed by atoms with Crippen molar-refractivity contribution in [3.05, 3.63) is 64.7 Å². The van der Waals surface area contributed by atoms with Crippen LogP contribution in [-0.4, -0.2) is 29.4 Å². The van der Waals surface area contributed by atoms with Gasteiger partial charge in [-0.2, -0.15) is 0 Å². The Bertz CT molecular complexity index is 1040. The summed E-state index contributed by atoms with van der Waals surface area (Å²) in [5.41, 5.74) is 8.15. The molecular weight excluding hydrogens is 390 g/mol. The van der Waals surface area contributed by atoms with E-state index in [1.165, 1.54) is 11.0 Å². The van der Waals surface area contributed by atoms with E-state index in [0.29, 0.717) is 17.0 Å². The maximum Gasteiger partial charge on any atom is 0.270 e. The molecule has 3 rings (SSSR count). The number of primary amides is 1. The average Bonchev–Trinajstić information content (AvgIpc) is 2.67. The highest BCUT2D eigenvalue weighted by atomic mass is 32.1. The largest absolute Gasteiger partial charge is 0.484 e. The molecule has 3 amide bonds. The van der Waals surface area contributed by atoms with Crippen LogP contribution in [0.15, 0.2) is 48.0 Å². The van der Waals surface area contributed by atoms with Crippen molar-refractivity contribution in [2.24, 2.45) is 5.73 Å². The minimum absolute atomic E-state index is 0.0367. The third-order valence-corrected chi connectivity index (χ3v) is 4.78. The number of hydrogen-bond donors (Lipinski definition) is 2. The van der Waals surface area contributed by atoms with Crippen molar-refractivity contribution in [2.75, 3.05) is 11.5 Å². The number of anilines is 1. The molecule has 148 valence electrons. The van der Waals surface area contributed by atoms with Gasteiger partial charge in [0, 0.05) is 0 Å². The minimum atomic E-state index is -0.580. The molecule has 1 fully saturated rings. The Balaban J connectivity index is 1.91. The topological polar surface area (TPSA) is 102 Å². The van der Waals surface area contributed by atoms with Crippen molar-refractivity contribution >= 4 is 46.8 Å². The molecule has 29 heavy (non-hydrogen) atoms. The molecule has 0 aliphatic carbocycles. The summed E-state index contributed by atoms with van der Waals surface area (Å²) in [4.78, 5) is 37.6. The average molecular weight is 409 g/mol. The number of thiocarbonyl (C=S) groups is 1. The maximum absolute atomic E-state index is 13.1. The Hall–Kier alpha value is -3.52. The lowest BCUT2D eigenvalue weighted by molar-refractivity contribution is -0.122. The molecule has 0 unspecified atom stereocenters. The highest BCUT2D eigenvalue weighted by Gasteiger charge is 2.35. The fourth-order valence-electron chi connectivity index (χ4n) is 2.84. The molecule has 1 saturated heterocycles. The molecule has 2 aromatic carbocycles. The second-order valence-corrected chi connectivity index (χ2v) is 6.89. The lowest BCUT2D eigenvalue weighted by atomic mass is 10.0. The van der Waals surface area contributed by atoms with Gasteiger partial charge in [-0.3, -0.25) is 24.6 Å². The normalized spacial score (nSPS) is 15.4. The molecule has 1 aliphatic heterocycles. The number of ether oxygens (including phenoxy) is 1. The number of rotatable bonds is 5. The van der Waals surface area contributed by atoms with Crippen molar-refractivity contribution in [1.82, 2.24) is 5.32 Å². The zero-order valence-corrected chi connectivity index (χ0v) is 16.7. The first-order valence-corrected chi connectivity index (χ1v) is 9.17. The van der Waals surface area contributed by atoms with Crippen LogP contribution in [0, 0.1) is 13.8 Å². The summed E-state index contributed by atoms with van der Waals surface area (Å²) in [7, 11) is 0. The summed E-state index contributed by atoms with van der Waals surface area (Å²) in [6.45, 7) is 3.60. The van der Waals surface area contributed by atoms with Crippen LogP contribution in [0.3, 0.4) is 0 Å². The summed E-state index contributed by atoms with van der Waals surface area (Å²) < 4.78 is 5.20. The number of nitrogens with one attached hydrogen (secondary N) is 1. The number of carbonyl (C=O) groups excluding carboxylic acids is 3. The molecule has 0 spiro atoms. The molecule has 1 heterocycles. The van der Waals surface area contributed by atoms with E-state index in [9.17, 15) is 14.4 Å². The molecule has 0 bridgehead atoms. The van der Waals surface area contributed by atoms with Crippen molar-refractivity contribution in [1.29, 1.82) is 0 Å². The van der Waals surface area contributed by atoms with Gasteiger partial charge in [0.05, 0.1) is 5.69 Å². The molecule has 7 nitrogen and oxygen atoms in total. The van der Waals surface area contributed by atoms with E-state index in [1.807, 2.05) is 26.0 Å². The molecule has 0 saturated carbocycles. The highest BCUT2D eigenvalue weighted by Crippen LogP contribution is 2.27. The van der Waals surface area contributed by atoms with Crippen molar-refractivity contribution in [3.8, 4) is 5.75 Å². The second-order valence-electron chi connectivity index (χ2n) is 6.50. The Morgan fingerprint density at radius 3 is 2.52 bits per heavy atom. The highest BCUT2D eigenvalue weighted by molar-refractivity contribution is 7.80. The zero-order valence-electron chi connectivity index (χ0n) is 15.9. The molecule has 0 aromatic heterocycles. The number of amides is 3. The van der Waals surface area contributed by atoms with Crippen molar-refractivity contribution in [2.45, 2.75) is 13.8 Å². The zero-order chi connectivity index (χ0) is 21.1.